The van der Waals surface area contributed by atoms with Crippen LogP contribution in [0.25, 0.3) is 0 Å². The Balaban J connectivity index is 2.09. The molecule has 0 saturated carbocycles. The summed E-state index contributed by atoms with van der Waals surface area (Å²) in [7, 11) is 0. The molecule has 1 aromatic carbocycles. The topological polar surface area (TPSA) is 49.6 Å². The molecule has 0 amide bonds. The zero-order valence-corrected chi connectivity index (χ0v) is 9.31. The van der Waals surface area contributed by atoms with Crippen molar-refractivity contribution >= 4 is 11.8 Å². The molecule has 0 atom stereocenters. The molecule has 3 nitrogen and oxygen atoms in total. The molecule has 0 aliphatic rings. The lowest BCUT2D eigenvalue weighted by atomic mass is 10.2. The molecule has 0 N–H and O–H groups in total. The molecule has 1 heterocycles. The van der Waals surface area contributed by atoms with Gasteiger partial charge in [0.15, 0.2) is 0 Å². The number of nitrogens with zero attached hydrogens (tertiary/aromatic N) is 3. The Morgan fingerprint density at radius 3 is 2.75 bits per heavy atom. The molecule has 0 unspecified atom stereocenters. The van der Waals surface area contributed by atoms with Crippen LogP contribution in [-0.4, -0.2) is 10.2 Å². The van der Waals surface area contributed by atoms with Crippen LogP contribution in [0.15, 0.2) is 47.6 Å². The zero-order valence-electron chi connectivity index (χ0n) is 8.50. The van der Waals surface area contributed by atoms with Gasteiger partial charge in [-0.15, -0.1) is 5.10 Å². The van der Waals surface area contributed by atoms with E-state index in [0.29, 0.717) is 10.6 Å². The molecule has 0 aliphatic carbocycles. The molecule has 78 valence electrons. The van der Waals surface area contributed by atoms with Gasteiger partial charge in [0.1, 0.15) is 11.1 Å². The fraction of sp³-hybridized carbons (Fsp3) is 0.0833. The molecule has 0 saturated heterocycles. The fourth-order valence-corrected chi connectivity index (χ4v) is 2.11. The van der Waals surface area contributed by atoms with Crippen molar-refractivity contribution in [3.63, 3.8) is 0 Å². The maximum Gasteiger partial charge on any atom is 0.137 e. The van der Waals surface area contributed by atoms with Crippen molar-refractivity contribution in [2.45, 2.75) is 10.8 Å². The number of hydrogen-bond donors (Lipinski definition) is 0. The predicted molar refractivity (Wildman–Crippen MR) is 62.8 cm³/mol. The lowest BCUT2D eigenvalue weighted by Gasteiger charge is -2.01. The van der Waals surface area contributed by atoms with Crippen molar-refractivity contribution in [3.05, 3.63) is 53.7 Å². The zero-order chi connectivity index (χ0) is 11.2. The normalized spacial score (nSPS) is 9.69. The Kier molecular flexibility index (Phi) is 3.52. The molecule has 2 rings (SSSR count). The summed E-state index contributed by atoms with van der Waals surface area (Å²) >= 11 is 1.53. The van der Waals surface area contributed by atoms with E-state index in [9.17, 15) is 0 Å². The summed E-state index contributed by atoms with van der Waals surface area (Å²) in [6.45, 7) is 0. The molecule has 1 aromatic heterocycles. The standard InChI is InChI=1S/C12H9N3S/c13-8-11-6-7-14-15-12(11)16-9-10-4-2-1-3-5-10/h1-7H,9H2. The van der Waals surface area contributed by atoms with Crippen LogP contribution in [0.2, 0.25) is 0 Å². The van der Waals surface area contributed by atoms with Crippen LogP contribution in [0.5, 0.6) is 0 Å². The second kappa shape index (κ2) is 5.29. The minimum absolute atomic E-state index is 0.580. The smallest absolute Gasteiger partial charge is 0.137 e. The number of thioether (sulfide) groups is 1. The van der Waals surface area contributed by atoms with E-state index >= 15 is 0 Å². The Bertz CT molecular complexity index is 505. The molecular weight excluding hydrogens is 218 g/mol. The monoisotopic (exact) mass is 227 g/mol. The lowest BCUT2D eigenvalue weighted by Crippen LogP contribution is -1.90. The van der Waals surface area contributed by atoms with E-state index in [4.69, 9.17) is 5.26 Å². The third-order valence-electron chi connectivity index (χ3n) is 2.03. The maximum absolute atomic E-state index is 8.88. The van der Waals surface area contributed by atoms with Gasteiger partial charge < -0.3 is 0 Å². The third-order valence-corrected chi connectivity index (χ3v) is 3.08. The summed E-state index contributed by atoms with van der Waals surface area (Å²) in [4.78, 5) is 0. The van der Waals surface area contributed by atoms with E-state index < -0.39 is 0 Å². The van der Waals surface area contributed by atoms with Crippen LogP contribution >= 0.6 is 11.8 Å². The number of hydrogen-bond acceptors (Lipinski definition) is 4. The first kappa shape index (κ1) is 10.7. The van der Waals surface area contributed by atoms with Gasteiger partial charge in [-0.2, -0.15) is 10.4 Å². The fourth-order valence-electron chi connectivity index (χ4n) is 1.24. The molecule has 0 radical (unpaired) electrons. The quantitative estimate of drug-likeness (QED) is 0.756. The minimum Gasteiger partial charge on any atom is -0.192 e. The molecule has 0 aliphatic heterocycles. The summed E-state index contributed by atoms with van der Waals surface area (Å²) in [6, 6.07) is 13.9. The summed E-state index contributed by atoms with van der Waals surface area (Å²) in [5.41, 5.74) is 1.79. The van der Waals surface area contributed by atoms with Crippen molar-refractivity contribution in [1.82, 2.24) is 10.2 Å². The van der Waals surface area contributed by atoms with E-state index in [0.717, 1.165) is 5.75 Å². The highest BCUT2D eigenvalue weighted by Crippen LogP contribution is 2.22. The van der Waals surface area contributed by atoms with E-state index in [-0.39, 0.29) is 0 Å². The van der Waals surface area contributed by atoms with Crippen LogP contribution in [0.1, 0.15) is 11.1 Å². The number of rotatable bonds is 3. The van der Waals surface area contributed by atoms with E-state index in [1.807, 2.05) is 18.2 Å². The van der Waals surface area contributed by atoms with Crippen molar-refractivity contribution < 1.29 is 0 Å². The van der Waals surface area contributed by atoms with Gasteiger partial charge in [0.2, 0.25) is 0 Å². The van der Waals surface area contributed by atoms with Gasteiger partial charge in [-0.05, 0) is 11.6 Å². The molecule has 0 fully saturated rings. The van der Waals surface area contributed by atoms with Crippen LogP contribution in [0.4, 0.5) is 0 Å². The second-order valence-electron chi connectivity index (χ2n) is 3.14. The summed E-state index contributed by atoms with van der Waals surface area (Å²) in [5.74, 6) is 0.800. The molecule has 0 bridgehead atoms. The van der Waals surface area contributed by atoms with Crippen LogP contribution in [0, 0.1) is 11.3 Å². The molecule has 4 heteroatoms. The number of nitriles is 1. The Morgan fingerprint density at radius 1 is 1.19 bits per heavy atom. The Hall–Kier alpha value is -1.86. The van der Waals surface area contributed by atoms with Crippen molar-refractivity contribution in [2.75, 3.05) is 0 Å². The van der Waals surface area contributed by atoms with Gasteiger partial charge >= 0.3 is 0 Å². The maximum atomic E-state index is 8.88. The van der Waals surface area contributed by atoms with E-state index in [1.165, 1.54) is 23.5 Å². The summed E-state index contributed by atoms with van der Waals surface area (Å²) in [6.07, 6.45) is 1.53. The Labute approximate surface area is 98.1 Å². The van der Waals surface area contributed by atoms with Gasteiger partial charge in [0.05, 0.1) is 11.8 Å². The minimum atomic E-state index is 0.580. The summed E-state index contributed by atoms with van der Waals surface area (Å²) in [5, 5.41) is 17.3. The summed E-state index contributed by atoms with van der Waals surface area (Å²) < 4.78 is 0. The first-order chi connectivity index (χ1) is 7.90. The van der Waals surface area contributed by atoms with Crippen LogP contribution in [0.3, 0.4) is 0 Å². The highest BCUT2D eigenvalue weighted by Gasteiger charge is 2.04. The van der Waals surface area contributed by atoms with E-state index in [2.05, 4.69) is 28.4 Å². The van der Waals surface area contributed by atoms with Gasteiger partial charge in [-0.3, -0.25) is 0 Å². The van der Waals surface area contributed by atoms with Crippen LogP contribution in [-0.2, 0) is 5.75 Å². The van der Waals surface area contributed by atoms with Gasteiger partial charge in [0.25, 0.3) is 0 Å². The van der Waals surface area contributed by atoms with E-state index in [1.54, 1.807) is 6.07 Å². The number of aromatic nitrogens is 2. The Morgan fingerprint density at radius 2 is 2.00 bits per heavy atom. The SMILES string of the molecule is N#Cc1ccnnc1SCc1ccccc1. The molecule has 0 spiro atoms. The predicted octanol–water partition coefficient (Wildman–Crippen LogP) is 2.64. The lowest BCUT2D eigenvalue weighted by molar-refractivity contribution is 0.919. The van der Waals surface area contributed by atoms with Gasteiger partial charge in [-0.25, -0.2) is 0 Å². The molecule has 16 heavy (non-hydrogen) atoms. The average Bonchev–Trinajstić information content (AvgIpc) is 2.38. The van der Waals surface area contributed by atoms with Crippen molar-refractivity contribution in [3.8, 4) is 6.07 Å². The first-order valence-corrected chi connectivity index (χ1v) is 5.77. The highest BCUT2D eigenvalue weighted by atomic mass is 32.2. The number of benzene rings is 1. The van der Waals surface area contributed by atoms with Gasteiger partial charge in [-0.1, -0.05) is 42.1 Å². The van der Waals surface area contributed by atoms with Crippen LogP contribution < -0.4 is 0 Å². The van der Waals surface area contributed by atoms with Gasteiger partial charge in [0, 0.05) is 5.75 Å². The highest BCUT2D eigenvalue weighted by molar-refractivity contribution is 7.98. The van der Waals surface area contributed by atoms with Crippen molar-refractivity contribution in [1.29, 1.82) is 5.26 Å². The molecular formula is C12H9N3S. The average molecular weight is 227 g/mol. The second-order valence-corrected chi connectivity index (χ2v) is 4.10. The third kappa shape index (κ3) is 2.59. The largest absolute Gasteiger partial charge is 0.192 e. The molecule has 2 aromatic rings. The van der Waals surface area contributed by atoms with Crippen molar-refractivity contribution in [2.24, 2.45) is 0 Å². The first-order valence-electron chi connectivity index (χ1n) is 4.78.